The van der Waals surface area contributed by atoms with Gasteiger partial charge in [-0.15, -0.1) is 0 Å². The van der Waals surface area contributed by atoms with E-state index in [2.05, 4.69) is 33.4 Å². The highest BCUT2D eigenvalue weighted by molar-refractivity contribution is 7.66. The van der Waals surface area contributed by atoms with Crippen molar-refractivity contribution < 1.29 is 61.4 Å². The lowest BCUT2D eigenvalue weighted by molar-refractivity contribution is -0.167. The second kappa shape index (κ2) is 12.6. The number of nitrogens with one attached hydrogen (secondary N) is 1. The third-order valence-electron chi connectivity index (χ3n) is 5.48. The largest absolute Gasteiger partial charge is 0.490 e. The van der Waals surface area contributed by atoms with Crippen LogP contribution in [0.5, 0.6) is 0 Å². The number of aliphatic hydroxyl groups excluding tert-OH is 2. The van der Waals surface area contributed by atoms with Crippen molar-refractivity contribution in [2.75, 3.05) is 25.4 Å². The number of unbranched alkanes of at least 4 members (excludes halogenated alkanes) is 3. The van der Waals surface area contributed by atoms with E-state index in [4.69, 9.17) is 26.0 Å². The molecule has 1 aliphatic heterocycles. The van der Waals surface area contributed by atoms with E-state index < -0.39 is 54.2 Å². The minimum absolute atomic E-state index is 0.0212. The Bertz CT molecular complexity index is 1280. The van der Waals surface area contributed by atoms with Crippen LogP contribution in [0.4, 0.5) is 5.82 Å². The Hall–Kier alpha value is -1.44. The zero-order valence-electron chi connectivity index (χ0n) is 20.2. The number of nitrogens with zero attached hydrogens (tertiary/aromatic N) is 4. The van der Waals surface area contributed by atoms with Gasteiger partial charge in [0.15, 0.2) is 11.5 Å². The van der Waals surface area contributed by atoms with Crippen molar-refractivity contribution in [1.29, 1.82) is 0 Å². The van der Waals surface area contributed by atoms with Gasteiger partial charge in [-0.3, -0.25) is 14.4 Å². The molecule has 0 spiro atoms. The molecule has 1 fully saturated rings. The summed E-state index contributed by atoms with van der Waals surface area (Å²) in [6, 6.07) is 0. The van der Waals surface area contributed by atoms with Crippen LogP contribution in [0, 0.1) is 0 Å². The maximum absolute atomic E-state index is 12.1. The van der Waals surface area contributed by atoms with Crippen molar-refractivity contribution in [3.8, 4) is 0 Å². The SMILES string of the molecule is NCCCCCCN[C@@]1(n2cnc3c(N)ncnc32)O[C@H](COP(=O)(O)OP(=O)(O)OP(=O)(O)O)[C@@H](O)[C@H]1O. The summed E-state index contributed by atoms with van der Waals surface area (Å²) in [4.78, 5) is 48.4. The molecule has 20 nitrogen and oxygen atoms in total. The van der Waals surface area contributed by atoms with E-state index in [9.17, 15) is 33.7 Å². The summed E-state index contributed by atoms with van der Waals surface area (Å²) >= 11 is 0. The number of nitrogen functional groups attached to an aromatic ring is 1. The summed E-state index contributed by atoms with van der Waals surface area (Å²) < 4.78 is 53.5. The van der Waals surface area contributed by atoms with Crippen LogP contribution in [0.3, 0.4) is 0 Å². The number of aromatic nitrogens is 4. The monoisotopic (exact) mass is 621 g/mol. The van der Waals surface area contributed by atoms with Crippen molar-refractivity contribution in [1.82, 2.24) is 24.8 Å². The first kappa shape index (κ1) is 32.1. The highest BCUT2D eigenvalue weighted by atomic mass is 31.3. The summed E-state index contributed by atoms with van der Waals surface area (Å²) in [6.07, 6.45) is 0.289. The van der Waals surface area contributed by atoms with Gasteiger partial charge in [-0.2, -0.15) is 8.62 Å². The topological polar surface area (TPSA) is 317 Å². The lowest BCUT2D eigenvalue weighted by Crippen LogP contribution is -2.56. The maximum Gasteiger partial charge on any atom is 0.490 e. The third kappa shape index (κ3) is 8.07. The fourth-order valence-electron chi connectivity index (χ4n) is 3.83. The second-order valence-corrected chi connectivity index (χ2v) is 12.8. The number of rotatable bonds is 15. The standard InChI is InChI=1S/C16H30N7O13P3/c17-5-3-1-2-4-6-22-16(23-9-21-11-14(18)19-8-20-15(11)23)13(25)12(24)10(34-16)7-33-38(29,30)36-39(31,32)35-37(26,27)28/h8-10,12-13,22,24-25H,1-7,17H2,(H,29,30)(H,31,32)(H2,18,19,20)(H2,26,27,28)/t10-,12-,13-,16+/m1/s1. The lowest BCUT2D eigenvalue weighted by atomic mass is 10.1. The molecule has 0 amide bonds. The van der Waals surface area contributed by atoms with Gasteiger partial charge in [-0.05, 0) is 25.9 Å². The van der Waals surface area contributed by atoms with Gasteiger partial charge in [-0.1, -0.05) is 12.8 Å². The van der Waals surface area contributed by atoms with Crippen molar-refractivity contribution in [2.45, 2.75) is 49.8 Å². The molecule has 3 heterocycles. The minimum atomic E-state index is -5.76. The summed E-state index contributed by atoms with van der Waals surface area (Å²) in [5, 5.41) is 24.8. The lowest BCUT2D eigenvalue weighted by Gasteiger charge is -2.34. The molecule has 2 unspecified atom stereocenters. The Kier molecular flexibility index (Phi) is 10.4. The number of aliphatic hydroxyl groups is 2. The Labute approximate surface area is 220 Å². The molecule has 1 saturated heterocycles. The van der Waals surface area contributed by atoms with Gasteiger partial charge in [-0.25, -0.2) is 28.6 Å². The predicted molar refractivity (Wildman–Crippen MR) is 130 cm³/mol. The van der Waals surface area contributed by atoms with E-state index in [1.165, 1.54) is 10.9 Å². The molecule has 1 aliphatic rings. The van der Waals surface area contributed by atoms with Gasteiger partial charge in [0.05, 0.1) is 6.61 Å². The van der Waals surface area contributed by atoms with Crippen LogP contribution >= 0.6 is 23.5 Å². The summed E-state index contributed by atoms with van der Waals surface area (Å²) in [7, 11) is -16.9. The molecule has 0 aliphatic carbocycles. The number of phosphoric ester groups is 1. The van der Waals surface area contributed by atoms with Gasteiger partial charge in [0, 0.05) is 0 Å². The highest BCUT2D eigenvalue weighted by Crippen LogP contribution is 2.66. The van der Waals surface area contributed by atoms with E-state index in [0.717, 1.165) is 25.6 Å². The molecular weight excluding hydrogens is 591 g/mol. The van der Waals surface area contributed by atoms with Crippen LogP contribution in [0.1, 0.15) is 25.7 Å². The quantitative estimate of drug-likeness (QED) is 0.0814. The molecule has 3 rings (SSSR count). The Morgan fingerprint density at radius 3 is 2.38 bits per heavy atom. The molecule has 6 atom stereocenters. The van der Waals surface area contributed by atoms with Crippen molar-refractivity contribution in [3.63, 3.8) is 0 Å². The Balaban J connectivity index is 1.82. The molecule has 222 valence electrons. The van der Waals surface area contributed by atoms with E-state index >= 15 is 0 Å². The molecule has 0 aromatic carbocycles. The van der Waals surface area contributed by atoms with E-state index in [1.807, 2.05) is 0 Å². The number of nitrogens with two attached hydrogens (primary N) is 2. The molecule has 23 heteroatoms. The van der Waals surface area contributed by atoms with Gasteiger partial charge < -0.3 is 46.0 Å². The number of hydrogen-bond donors (Lipinski definition) is 9. The number of phosphoric acid groups is 3. The molecule has 2 aromatic heterocycles. The van der Waals surface area contributed by atoms with Crippen LogP contribution in [-0.4, -0.2) is 87.3 Å². The van der Waals surface area contributed by atoms with Crippen LogP contribution in [0.15, 0.2) is 12.7 Å². The van der Waals surface area contributed by atoms with Crippen LogP contribution in [-0.2, 0) is 37.4 Å². The van der Waals surface area contributed by atoms with E-state index in [0.29, 0.717) is 13.0 Å². The van der Waals surface area contributed by atoms with Gasteiger partial charge in [0.1, 0.15) is 36.5 Å². The molecule has 0 radical (unpaired) electrons. The maximum atomic E-state index is 12.1. The second-order valence-electron chi connectivity index (χ2n) is 8.35. The molecular formula is C16H30N7O13P3. The molecule has 39 heavy (non-hydrogen) atoms. The smallest absolute Gasteiger partial charge is 0.387 e. The first-order valence-corrected chi connectivity index (χ1v) is 15.8. The van der Waals surface area contributed by atoms with Crippen molar-refractivity contribution in [2.24, 2.45) is 5.73 Å². The summed E-state index contributed by atoms with van der Waals surface area (Å²) in [6.45, 7) is -0.229. The first-order valence-electron chi connectivity index (χ1n) is 11.3. The fraction of sp³-hybridized carbons (Fsp3) is 0.688. The number of fused-ring (bicyclic) bond motifs is 1. The number of hydrogen-bond acceptors (Lipinski definition) is 15. The van der Waals surface area contributed by atoms with E-state index in [-0.39, 0.29) is 23.5 Å². The van der Waals surface area contributed by atoms with Crippen molar-refractivity contribution >= 4 is 40.4 Å². The highest BCUT2D eigenvalue weighted by Gasteiger charge is 2.57. The first-order chi connectivity index (χ1) is 18.1. The number of anilines is 1. The number of ether oxygens (including phenoxy) is 1. The van der Waals surface area contributed by atoms with Crippen LogP contribution < -0.4 is 16.8 Å². The van der Waals surface area contributed by atoms with Crippen LogP contribution in [0.2, 0.25) is 0 Å². The van der Waals surface area contributed by atoms with Crippen molar-refractivity contribution in [3.05, 3.63) is 12.7 Å². The minimum Gasteiger partial charge on any atom is -0.387 e. The van der Waals surface area contributed by atoms with Gasteiger partial charge in [0.25, 0.3) is 0 Å². The van der Waals surface area contributed by atoms with Gasteiger partial charge >= 0.3 is 23.5 Å². The average Bonchev–Trinajstić information content (AvgIpc) is 3.34. The number of imidazole rings is 1. The molecule has 0 bridgehead atoms. The average molecular weight is 621 g/mol. The zero-order chi connectivity index (χ0) is 29.1. The zero-order valence-corrected chi connectivity index (χ0v) is 22.8. The van der Waals surface area contributed by atoms with Crippen LogP contribution in [0.25, 0.3) is 11.2 Å². The summed E-state index contributed by atoms with van der Waals surface area (Å²) in [5.41, 5.74) is 11.6. The molecule has 2 aromatic rings. The fourth-order valence-corrected chi connectivity index (χ4v) is 6.86. The van der Waals surface area contributed by atoms with E-state index in [1.54, 1.807) is 0 Å². The predicted octanol–water partition coefficient (Wildman–Crippen LogP) is -1.41. The Morgan fingerprint density at radius 2 is 1.72 bits per heavy atom. The molecule has 0 saturated carbocycles. The Morgan fingerprint density at radius 1 is 1.03 bits per heavy atom. The normalized spacial score (nSPS) is 27.0. The van der Waals surface area contributed by atoms with Gasteiger partial charge in [0.2, 0.25) is 5.85 Å². The third-order valence-corrected chi connectivity index (χ3v) is 9.29. The molecule has 11 N–H and O–H groups in total. The summed E-state index contributed by atoms with van der Waals surface area (Å²) in [5.74, 6) is -1.93.